The predicted molar refractivity (Wildman–Crippen MR) is 74.3 cm³/mol. The molecule has 0 aromatic rings. The largest absolute Gasteiger partial charge is 0.379 e. The second-order valence-corrected chi connectivity index (χ2v) is 6.63. The van der Waals surface area contributed by atoms with E-state index < -0.39 is 0 Å². The van der Waals surface area contributed by atoms with Crippen molar-refractivity contribution in [1.29, 1.82) is 0 Å². The van der Waals surface area contributed by atoms with E-state index in [1.54, 1.807) is 0 Å². The number of methoxy groups -OCH3 is 1. The van der Waals surface area contributed by atoms with Gasteiger partial charge in [0.1, 0.15) is 0 Å². The highest BCUT2D eigenvalue weighted by molar-refractivity contribution is 4.82. The average molecular weight is 241 g/mol. The van der Waals surface area contributed by atoms with Gasteiger partial charge in [0.05, 0.1) is 5.60 Å². The SMILES string of the molecule is COC(C)(C)CC(C)N1CCC(C(C)C)CC1. The Morgan fingerprint density at radius 2 is 1.71 bits per heavy atom. The Bertz CT molecular complexity index is 217. The van der Waals surface area contributed by atoms with Gasteiger partial charge in [-0.15, -0.1) is 0 Å². The van der Waals surface area contributed by atoms with Crippen LogP contribution in [0, 0.1) is 11.8 Å². The number of rotatable bonds is 5. The standard InChI is InChI=1S/C15H31NO/c1-12(2)14-7-9-16(10-8-14)13(3)11-15(4,5)17-6/h12-14H,7-11H2,1-6H3. The lowest BCUT2D eigenvalue weighted by Gasteiger charge is -2.39. The first kappa shape index (κ1) is 15.0. The molecule has 17 heavy (non-hydrogen) atoms. The van der Waals surface area contributed by atoms with Gasteiger partial charge in [0.2, 0.25) is 0 Å². The molecule has 1 atom stereocenters. The molecule has 0 N–H and O–H groups in total. The third-order valence-corrected chi connectivity index (χ3v) is 4.48. The van der Waals surface area contributed by atoms with Gasteiger partial charge in [0, 0.05) is 13.2 Å². The fourth-order valence-electron chi connectivity index (χ4n) is 2.95. The molecule has 1 saturated heterocycles. The highest BCUT2D eigenvalue weighted by Gasteiger charge is 2.28. The quantitative estimate of drug-likeness (QED) is 0.730. The van der Waals surface area contributed by atoms with Crippen LogP contribution < -0.4 is 0 Å². The summed E-state index contributed by atoms with van der Waals surface area (Å²) < 4.78 is 5.53. The summed E-state index contributed by atoms with van der Waals surface area (Å²) in [6.07, 6.45) is 3.86. The summed E-state index contributed by atoms with van der Waals surface area (Å²) in [4.78, 5) is 2.64. The van der Waals surface area contributed by atoms with E-state index in [1.807, 2.05) is 7.11 Å². The van der Waals surface area contributed by atoms with Crippen molar-refractivity contribution < 1.29 is 4.74 Å². The fourth-order valence-corrected chi connectivity index (χ4v) is 2.95. The van der Waals surface area contributed by atoms with Crippen LogP contribution in [0.5, 0.6) is 0 Å². The maximum Gasteiger partial charge on any atom is 0.0637 e. The molecule has 0 aromatic carbocycles. The van der Waals surface area contributed by atoms with Gasteiger partial charge < -0.3 is 9.64 Å². The van der Waals surface area contributed by atoms with Crippen molar-refractivity contribution >= 4 is 0 Å². The van der Waals surface area contributed by atoms with Crippen LogP contribution in [0.4, 0.5) is 0 Å². The Labute approximate surface area is 108 Å². The van der Waals surface area contributed by atoms with Gasteiger partial charge in [0.25, 0.3) is 0 Å². The van der Waals surface area contributed by atoms with Gasteiger partial charge in [-0.1, -0.05) is 13.8 Å². The summed E-state index contributed by atoms with van der Waals surface area (Å²) in [5.41, 5.74) is 0.00825. The number of hydrogen-bond acceptors (Lipinski definition) is 2. The molecule has 0 spiro atoms. The molecule has 0 saturated carbocycles. The number of hydrogen-bond donors (Lipinski definition) is 0. The molecule has 1 aliphatic heterocycles. The van der Waals surface area contributed by atoms with E-state index in [9.17, 15) is 0 Å². The molecule has 0 aromatic heterocycles. The molecular weight excluding hydrogens is 210 g/mol. The van der Waals surface area contributed by atoms with Crippen LogP contribution in [0.1, 0.15) is 53.9 Å². The molecule has 2 heteroatoms. The summed E-state index contributed by atoms with van der Waals surface area (Å²) in [6, 6.07) is 0.637. The fraction of sp³-hybridized carbons (Fsp3) is 1.00. The summed E-state index contributed by atoms with van der Waals surface area (Å²) in [5.74, 6) is 1.79. The van der Waals surface area contributed by atoms with Crippen molar-refractivity contribution in [2.45, 2.75) is 65.5 Å². The molecule has 1 rings (SSSR count). The van der Waals surface area contributed by atoms with Crippen LogP contribution in [-0.4, -0.2) is 36.7 Å². The van der Waals surface area contributed by atoms with Gasteiger partial charge in [-0.3, -0.25) is 0 Å². The van der Waals surface area contributed by atoms with E-state index in [0.717, 1.165) is 18.3 Å². The van der Waals surface area contributed by atoms with E-state index in [4.69, 9.17) is 4.74 Å². The first-order valence-electron chi connectivity index (χ1n) is 7.15. The normalized spacial score (nSPS) is 22.1. The summed E-state index contributed by atoms with van der Waals surface area (Å²) >= 11 is 0. The minimum absolute atomic E-state index is 0.00825. The minimum Gasteiger partial charge on any atom is -0.379 e. The summed E-state index contributed by atoms with van der Waals surface area (Å²) in [7, 11) is 1.82. The second kappa shape index (κ2) is 6.19. The number of piperidine rings is 1. The van der Waals surface area contributed by atoms with Crippen molar-refractivity contribution in [3.63, 3.8) is 0 Å². The van der Waals surface area contributed by atoms with Gasteiger partial charge in [-0.2, -0.15) is 0 Å². The molecular formula is C15H31NO. The Hall–Kier alpha value is -0.0800. The van der Waals surface area contributed by atoms with Crippen LogP contribution in [0.3, 0.4) is 0 Å². The summed E-state index contributed by atoms with van der Waals surface area (Å²) in [6.45, 7) is 14.0. The van der Waals surface area contributed by atoms with Crippen molar-refractivity contribution in [3.05, 3.63) is 0 Å². The molecule has 1 aliphatic rings. The Kier molecular flexibility index (Phi) is 5.46. The molecule has 0 aliphatic carbocycles. The lowest BCUT2D eigenvalue weighted by molar-refractivity contribution is -0.0116. The van der Waals surface area contributed by atoms with Crippen LogP contribution in [-0.2, 0) is 4.74 Å². The zero-order valence-corrected chi connectivity index (χ0v) is 12.6. The third kappa shape index (κ3) is 4.59. The number of likely N-dealkylation sites (tertiary alicyclic amines) is 1. The molecule has 1 unspecified atom stereocenters. The van der Waals surface area contributed by atoms with Gasteiger partial charge in [-0.25, -0.2) is 0 Å². The molecule has 1 heterocycles. The lowest BCUT2D eigenvalue weighted by atomic mass is 9.85. The number of nitrogens with zero attached hydrogens (tertiary/aromatic N) is 1. The predicted octanol–water partition coefficient (Wildman–Crippen LogP) is 3.56. The topological polar surface area (TPSA) is 12.5 Å². The molecule has 0 bridgehead atoms. The highest BCUT2D eigenvalue weighted by atomic mass is 16.5. The van der Waals surface area contributed by atoms with Crippen LogP contribution in [0.25, 0.3) is 0 Å². The zero-order valence-electron chi connectivity index (χ0n) is 12.6. The van der Waals surface area contributed by atoms with E-state index in [-0.39, 0.29) is 5.60 Å². The van der Waals surface area contributed by atoms with Crippen molar-refractivity contribution in [2.75, 3.05) is 20.2 Å². The van der Waals surface area contributed by atoms with E-state index in [1.165, 1.54) is 25.9 Å². The Morgan fingerprint density at radius 1 is 1.18 bits per heavy atom. The maximum absolute atomic E-state index is 5.53. The smallest absolute Gasteiger partial charge is 0.0637 e. The van der Waals surface area contributed by atoms with Gasteiger partial charge in [-0.05, 0) is 65.0 Å². The summed E-state index contributed by atoms with van der Waals surface area (Å²) in [5, 5.41) is 0. The molecule has 2 nitrogen and oxygen atoms in total. The van der Waals surface area contributed by atoms with E-state index >= 15 is 0 Å². The van der Waals surface area contributed by atoms with E-state index in [2.05, 4.69) is 39.5 Å². The van der Waals surface area contributed by atoms with Crippen LogP contribution >= 0.6 is 0 Å². The third-order valence-electron chi connectivity index (χ3n) is 4.48. The first-order valence-corrected chi connectivity index (χ1v) is 7.15. The Morgan fingerprint density at radius 3 is 2.12 bits per heavy atom. The lowest BCUT2D eigenvalue weighted by Crippen LogP contribution is -2.44. The molecule has 102 valence electrons. The van der Waals surface area contributed by atoms with Gasteiger partial charge in [0.15, 0.2) is 0 Å². The first-order chi connectivity index (χ1) is 7.85. The average Bonchev–Trinajstić information content (AvgIpc) is 2.28. The number of ether oxygens (including phenoxy) is 1. The zero-order chi connectivity index (χ0) is 13.1. The van der Waals surface area contributed by atoms with Crippen molar-refractivity contribution in [1.82, 2.24) is 4.90 Å². The molecule has 1 fully saturated rings. The maximum atomic E-state index is 5.53. The van der Waals surface area contributed by atoms with Crippen molar-refractivity contribution in [2.24, 2.45) is 11.8 Å². The minimum atomic E-state index is 0.00825. The van der Waals surface area contributed by atoms with E-state index in [0.29, 0.717) is 6.04 Å². The van der Waals surface area contributed by atoms with Gasteiger partial charge >= 0.3 is 0 Å². The monoisotopic (exact) mass is 241 g/mol. The molecule has 0 amide bonds. The Balaban J connectivity index is 2.38. The van der Waals surface area contributed by atoms with Crippen LogP contribution in [0.2, 0.25) is 0 Å². The second-order valence-electron chi connectivity index (χ2n) is 6.63. The molecule has 0 radical (unpaired) electrons. The highest BCUT2D eigenvalue weighted by Crippen LogP contribution is 2.27. The van der Waals surface area contributed by atoms with Crippen molar-refractivity contribution in [3.8, 4) is 0 Å². The van der Waals surface area contributed by atoms with Crippen LogP contribution in [0.15, 0.2) is 0 Å².